The fourth-order valence-corrected chi connectivity index (χ4v) is 1.30. The molecule has 0 aromatic carbocycles. The quantitative estimate of drug-likeness (QED) is 0.809. The molecule has 0 aliphatic heterocycles. The normalized spacial score (nSPS) is 10.5. The second kappa shape index (κ2) is 3.56. The van der Waals surface area contributed by atoms with E-state index >= 15 is 0 Å². The largest absolute Gasteiger partial charge is 0.478 e. The highest BCUT2D eigenvalue weighted by molar-refractivity contribution is 5.88. The summed E-state index contributed by atoms with van der Waals surface area (Å²) in [7, 11) is 0. The summed E-state index contributed by atoms with van der Waals surface area (Å²) in [6.45, 7) is 2.12. The Balaban J connectivity index is 2.23. The van der Waals surface area contributed by atoms with Crippen LogP contribution in [0.1, 0.15) is 21.6 Å². The summed E-state index contributed by atoms with van der Waals surface area (Å²) >= 11 is 0. The molecule has 0 amide bonds. The van der Waals surface area contributed by atoms with Crippen molar-refractivity contribution < 1.29 is 14.4 Å². The lowest BCUT2D eigenvalue weighted by molar-refractivity contribution is 0.0696. The van der Waals surface area contributed by atoms with E-state index in [4.69, 9.17) is 5.11 Å². The minimum Gasteiger partial charge on any atom is -0.478 e. The van der Waals surface area contributed by atoms with Gasteiger partial charge in [-0.3, -0.25) is 4.68 Å². The van der Waals surface area contributed by atoms with Crippen molar-refractivity contribution in [3.05, 3.63) is 35.5 Å². The van der Waals surface area contributed by atoms with Crippen LogP contribution in [0.5, 0.6) is 0 Å². The Bertz CT molecular complexity index is 473. The van der Waals surface area contributed by atoms with Crippen LogP contribution in [0.4, 0.5) is 0 Å². The van der Waals surface area contributed by atoms with Crippen molar-refractivity contribution in [2.45, 2.75) is 13.5 Å². The number of hydrogen-bond acceptors (Lipinski definition) is 4. The van der Waals surface area contributed by atoms with Crippen LogP contribution in [0.2, 0.25) is 0 Å². The minimum absolute atomic E-state index is 0.214. The number of carbonyl (C=O) groups is 1. The maximum absolute atomic E-state index is 10.8. The molecule has 2 rings (SSSR count). The lowest BCUT2D eigenvalue weighted by Gasteiger charge is -1.95. The maximum Gasteiger partial charge on any atom is 0.339 e. The molecular weight excluding hydrogens is 198 g/mol. The van der Waals surface area contributed by atoms with Crippen molar-refractivity contribution in [2.24, 2.45) is 0 Å². The summed E-state index contributed by atoms with van der Waals surface area (Å²) in [5.74, 6) is -0.968. The van der Waals surface area contributed by atoms with Crippen molar-refractivity contribution in [3.8, 4) is 0 Å². The number of aromatic carboxylic acids is 1. The molecule has 2 heterocycles. The Labute approximate surface area is 85.1 Å². The second-order valence-corrected chi connectivity index (χ2v) is 3.16. The van der Waals surface area contributed by atoms with Crippen LogP contribution < -0.4 is 0 Å². The first-order chi connectivity index (χ1) is 7.16. The SMILES string of the molecule is Cc1nn(Cc2cnoc2)cc1C(=O)O. The molecule has 1 N–H and O–H groups in total. The zero-order chi connectivity index (χ0) is 10.8. The van der Waals surface area contributed by atoms with Crippen LogP contribution in [-0.4, -0.2) is 26.0 Å². The Hall–Kier alpha value is -2.11. The monoisotopic (exact) mass is 207 g/mol. The molecule has 0 unspecified atom stereocenters. The van der Waals surface area contributed by atoms with Crippen molar-refractivity contribution in [2.75, 3.05) is 0 Å². The first-order valence-corrected chi connectivity index (χ1v) is 4.32. The van der Waals surface area contributed by atoms with Gasteiger partial charge in [-0.05, 0) is 6.92 Å². The van der Waals surface area contributed by atoms with Gasteiger partial charge in [-0.25, -0.2) is 4.79 Å². The maximum atomic E-state index is 10.8. The summed E-state index contributed by atoms with van der Waals surface area (Å²) in [4.78, 5) is 10.8. The highest BCUT2D eigenvalue weighted by Crippen LogP contribution is 2.07. The van der Waals surface area contributed by atoms with Crippen molar-refractivity contribution in [1.82, 2.24) is 14.9 Å². The van der Waals surface area contributed by atoms with Gasteiger partial charge < -0.3 is 9.63 Å². The third kappa shape index (κ3) is 1.88. The molecule has 6 heteroatoms. The predicted octanol–water partition coefficient (Wildman–Crippen LogP) is 0.926. The lowest BCUT2D eigenvalue weighted by Crippen LogP contribution is -1.99. The standard InChI is InChI=1S/C9H9N3O3/c1-6-8(9(13)14)4-12(11-6)3-7-2-10-15-5-7/h2,4-5H,3H2,1H3,(H,13,14). The number of hydrogen-bond donors (Lipinski definition) is 1. The third-order valence-corrected chi connectivity index (χ3v) is 2.00. The van der Waals surface area contributed by atoms with Gasteiger partial charge in [-0.2, -0.15) is 5.10 Å². The van der Waals surface area contributed by atoms with Crippen molar-refractivity contribution >= 4 is 5.97 Å². The zero-order valence-corrected chi connectivity index (χ0v) is 8.04. The van der Waals surface area contributed by atoms with Gasteiger partial charge in [0.05, 0.1) is 18.4 Å². The van der Waals surface area contributed by atoms with E-state index in [9.17, 15) is 4.79 Å². The van der Waals surface area contributed by atoms with Crippen LogP contribution in [0.25, 0.3) is 0 Å². The van der Waals surface area contributed by atoms with Crippen LogP contribution in [0, 0.1) is 6.92 Å². The third-order valence-electron chi connectivity index (χ3n) is 2.00. The number of aryl methyl sites for hydroxylation is 1. The van der Waals surface area contributed by atoms with E-state index in [0.717, 1.165) is 5.56 Å². The summed E-state index contributed by atoms with van der Waals surface area (Å²) in [6.07, 6.45) is 4.56. The number of carboxylic acid groups (broad SMARTS) is 1. The van der Waals surface area contributed by atoms with Crippen LogP contribution in [0.15, 0.2) is 23.2 Å². The van der Waals surface area contributed by atoms with Gasteiger partial charge in [-0.15, -0.1) is 0 Å². The van der Waals surface area contributed by atoms with Crippen molar-refractivity contribution in [3.63, 3.8) is 0 Å². The minimum atomic E-state index is -0.968. The Kier molecular flexibility index (Phi) is 2.24. The predicted molar refractivity (Wildman–Crippen MR) is 49.5 cm³/mol. The Morgan fingerprint density at radius 3 is 3.00 bits per heavy atom. The topological polar surface area (TPSA) is 81.2 Å². The van der Waals surface area contributed by atoms with E-state index in [1.807, 2.05) is 0 Å². The average molecular weight is 207 g/mol. The molecule has 0 aliphatic carbocycles. The van der Waals surface area contributed by atoms with Crippen LogP contribution in [0.3, 0.4) is 0 Å². The van der Waals surface area contributed by atoms with Gasteiger partial charge in [0.1, 0.15) is 11.8 Å². The smallest absolute Gasteiger partial charge is 0.339 e. The van der Waals surface area contributed by atoms with E-state index in [0.29, 0.717) is 12.2 Å². The fraction of sp³-hybridized carbons (Fsp3) is 0.222. The number of nitrogens with zero attached hydrogens (tertiary/aromatic N) is 3. The van der Waals surface area contributed by atoms with Gasteiger partial charge in [0.25, 0.3) is 0 Å². The molecule has 78 valence electrons. The van der Waals surface area contributed by atoms with Gasteiger partial charge in [0.2, 0.25) is 0 Å². The van der Waals surface area contributed by atoms with Crippen LogP contribution in [-0.2, 0) is 6.54 Å². The number of rotatable bonds is 3. The molecule has 2 aromatic rings. The molecule has 0 bridgehead atoms. The number of carboxylic acids is 1. The molecule has 2 aromatic heterocycles. The summed E-state index contributed by atoms with van der Waals surface area (Å²) in [5.41, 5.74) is 1.56. The average Bonchev–Trinajstić information content (AvgIpc) is 2.75. The van der Waals surface area contributed by atoms with Crippen molar-refractivity contribution in [1.29, 1.82) is 0 Å². The highest BCUT2D eigenvalue weighted by Gasteiger charge is 2.11. The first-order valence-electron chi connectivity index (χ1n) is 4.32. The molecule has 0 saturated heterocycles. The molecule has 0 fully saturated rings. The van der Waals surface area contributed by atoms with E-state index in [1.165, 1.54) is 12.5 Å². The Morgan fingerprint density at radius 2 is 2.47 bits per heavy atom. The molecule has 0 spiro atoms. The Morgan fingerprint density at radius 1 is 1.67 bits per heavy atom. The van der Waals surface area contributed by atoms with Gasteiger partial charge in [-0.1, -0.05) is 5.16 Å². The van der Waals surface area contributed by atoms with E-state index in [2.05, 4.69) is 14.8 Å². The summed E-state index contributed by atoms with van der Waals surface area (Å²) in [5, 5.41) is 16.4. The van der Waals surface area contributed by atoms with E-state index in [1.54, 1.807) is 17.8 Å². The molecule has 0 atom stereocenters. The molecule has 15 heavy (non-hydrogen) atoms. The van der Waals surface area contributed by atoms with Gasteiger partial charge in [0, 0.05) is 11.8 Å². The van der Waals surface area contributed by atoms with Crippen LogP contribution >= 0.6 is 0 Å². The van der Waals surface area contributed by atoms with Gasteiger partial charge in [0.15, 0.2) is 0 Å². The molecule has 0 radical (unpaired) electrons. The lowest BCUT2D eigenvalue weighted by atomic mass is 10.3. The first kappa shape index (κ1) is 9.45. The molecular formula is C9H9N3O3. The number of aromatic nitrogens is 3. The molecule has 0 saturated carbocycles. The summed E-state index contributed by atoms with van der Waals surface area (Å²) < 4.78 is 6.21. The van der Waals surface area contributed by atoms with Gasteiger partial charge >= 0.3 is 5.97 Å². The van der Waals surface area contributed by atoms with E-state index in [-0.39, 0.29) is 5.56 Å². The molecule has 0 aliphatic rings. The zero-order valence-electron chi connectivity index (χ0n) is 8.04. The van der Waals surface area contributed by atoms with E-state index < -0.39 is 5.97 Å². The summed E-state index contributed by atoms with van der Waals surface area (Å²) in [6, 6.07) is 0. The highest BCUT2D eigenvalue weighted by atomic mass is 16.5. The second-order valence-electron chi connectivity index (χ2n) is 3.16. The molecule has 6 nitrogen and oxygen atoms in total. The fourth-order valence-electron chi connectivity index (χ4n) is 1.30.